The quantitative estimate of drug-likeness (QED) is 0.592. The maximum Gasteiger partial charge on any atom is 0.313 e. The van der Waals surface area contributed by atoms with E-state index >= 15 is 0 Å². The normalized spacial score (nSPS) is 16.8. The minimum Gasteiger partial charge on any atom is -0.497 e. The second-order valence-electron chi connectivity index (χ2n) is 7.56. The van der Waals surface area contributed by atoms with E-state index < -0.39 is 33.5 Å². The van der Waals surface area contributed by atoms with Gasteiger partial charge in [-0.05, 0) is 55.7 Å². The first kappa shape index (κ1) is 24.6. The van der Waals surface area contributed by atoms with Gasteiger partial charge in [0, 0.05) is 25.2 Å². The van der Waals surface area contributed by atoms with Crippen LogP contribution in [-0.2, 0) is 19.6 Å². The summed E-state index contributed by atoms with van der Waals surface area (Å²) in [6, 6.07) is 8.35. The summed E-state index contributed by atoms with van der Waals surface area (Å²) >= 11 is 0. The van der Waals surface area contributed by atoms with E-state index in [0.29, 0.717) is 31.2 Å². The fourth-order valence-corrected chi connectivity index (χ4v) is 5.39. The summed E-state index contributed by atoms with van der Waals surface area (Å²) in [6.07, 6.45) is 2.50. The van der Waals surface area contributed by atoms with Gasteiger partial charge in [0.2, 0.25) is 10.0 Å². The second kappa shape index (κ2) is 10.7. The Kier molecular flexibility index (Phi) is 7.98. The van der Waals surface area contributed by atoms with Gasteiger partial charge in [0.25, 0.3) is 0 Å². The minimum absolute atomic E-state index is 0.0530. The van der Waals surface area contributed by atoms with Gasteiger partial charge in [-0.2, -0.15) is 4.31 Å². The maximum atomic E-state index is 13.7. The third-order valence-corrected chi connectivity index (χ3v) is 7.35. The Labute approximate surface area is 191 Å². The van der Waals surface area contributed by atoms with Crippen LogP contribution in [0.1, 0.15) is 25.7 Å². The van der Waals surface area contributed by atoms with Crippen LogP contribution >= 0.6 is 0 Å². The molecule has 3 rings (SSSR count). The topological polar surface area (TPSA) is 105 Å². The van der Waals surface area contributed by atoms with Gasteiger partial charge < -0.3 is 15.4 Å². The van der Waals surface area contributed by atoms with Crippen molar-refractivity contribution in [2.24, 2.45) is 0 Å². The molecule has 0 bridgehead atoms. The Hall–Kier alpha value is -3.05. The Bertz CT molecular complexity index is 1110. The molecule has 178 valence electrons. The molecule has 1 aliphatic heterocycles. The van der Waals surface area contributed by atoms with Gasteiger partial charge in [-0.15, -0.1) is 0 Å². The Morgan fingerprint density at radius 2 is 1.82 bits per heavy atom. The summed E-state index contributed by atoms with van der Waals surface area (Å²) in [5.41, 5.74) is -0.319. The lowest BCUT2D eigenvalue weighted by Crippen LogP contribution is -2.45. The van der Waals surface area contributed by atoms with Crippen LogP contribution in [0.2, 0.25) is 0 Å². The Morgan fingerprint density at radius 3 is 2.48 bits per heavy atom. The van der Waals surface area contributed by atoms with Gasteiger partial charge in [0.1, 0.15) is 17.4 Å². The van der Waals surface area contributed by atoms with Crippen LogP contribution in [0.4, 0.5) is 14.5 Å². The van der Waals surface area contributed by atoms with Crippen LogP contribution in [0.25, 0.3) is 0 Å². The standard InChI is InChI=1S/C22H25F2N3O5S/c1-32-17-6-8-18(9-7-17)33(30,31)27-13-3-2-4-16(27)11-12-25-21(28)22(29)26-20-10-5-15(23)14-19(20)24/h5-10,14,16H,2-4,11-13H2,1H3,(H,25,28)(H,26,29)/t16-/m1/s1. The average molecular weight is 482 g/mol. The molecule has 2 amide bonds. The van der Waals surface area contributed by atoms with Crippen LogP contribution < -0.4 is 15.4 Å². The number of anilines is 1. The molecule has 0 unspecified atom stereocenters. The lowest BCUT2D eigenvalue weighted by molar-refractivity contribution is -0.136. The molecule has 11 heteroatoms. The van der Waals surface area contributed by atoms with Gasteiger partial charge >= 0.3 is 11.8 Å². The van der Waals surface area contributed by atoms with Crippen molar-refractivity contribution in [3.05, 3.63) is 54.1 Å². The van der Waals surface area contributed by atoms with E-state index in [9.17, 15) is 26.8 Å². The van der Waals surface area contributed by atoms with E-state index in [-0.39, 0.29) is 23.2 Å². The number of sulfonamides is 1. The van der Waals surface area contributed by atoms with Gasteiger partial charge in [0.05, 0.1) is 17.7 Å². The summed E-state index contributed by atoms with van der Waals surface area (Å²) in [6.45, 7) is 0.411. The number of nitrogens with zero attached hydrogens (tertiary/aromatic N) is 1. The third-order valence-electron chi connectivity index (χ3n) is 5.39. The highest BCUT2D eigenvalue weighted by molar-refractivity contribution is 7.89. The minimum atomic E-state index is -3.74. The number of amides is 2. The molecule has 1 fully saturated rings. The molecule has 0 saturated carbocycles. The molecular formula is C22H25F2N3O5S. The Balaban J connectivity index is 1.58. The smallest absolute Gasteiger partial charge is 0.313 e. The van der Waals surface area contributed by atoms with Gasteiger partial charge in [0.15, 0.2) is 0 Å². The summed E-state index contributed by atoms with van der Waals surface area (Å²) in [4.78, 5) is 24.2. The first-order valence-corrected chi connectivity index (χ1v) is 11.9. The van der Waals surface area contributed by atoms with Crippen LogP contribution in [-0.4, -0.2) is 50.8 Å². The lowest BCUT2D eigenvalue weighted by Gasteiger charge is -2.34. The number of benzene rings is 2. The zero-order valence-corrected chi connectivity index (χ0v) is 18.8. The SMILES string of the molecule is COc1ccc(S(=O)(=O)N2CCCC[C@@H]2CCNC(=O)C(=O)Nc2ccc(F)cc2F)cc1. The molecule has 1 aliphatic rings. The van der Waals surface area contributed by atoms with Crippen molar-refractivity contribution in [2.45, 2.75) is 36.6 Å². The van der Waals surface area contributed by atoms with Crippen molar-refractivity contribution in [1.82, 2.24) is 9.62 Å². The molecule has 2 aromatic rings. The number of methoxy groups -OCH3 is 1. The molecule has 0 aliphatic carbocycles. The zero-order chi connectivity index (χ0) is 24.0. The molecule has 0 radical (unpaired) electrons. The van der Waals surface area contributed by atoms with E-state index in [1.165, 1.54) is 23.5 Å². The number of ether oxygens (including phenoxy) is 1. The van der Waals surface area contributed by atoms with Crippen molar-refractivity contribution in [3.63, 3.8) is 0 Å². The second-order valence-corrected chi connectivity index (χ2v) is 9.45. The highest BCUT2D eigenvalue weighted by Gasteiger charge is 2.33. The molecule has 1 atom stereocenters. The number of nitrogens with one attached hydrogen (secondary N) is 2. The van der Waals surface area contributed by atoms with E-state index in [1.54, 1.807) is 12.1 Å². The van der Waals surface area contributed by atoms with E-state index in [4.69, 9.17) is 4.74 Å². The summed E-state index contributed by atoms with van der Waals surface area (Å²) < 4.78 is 59.4. The highest BCUT2D eigenvalue weighted by Crippen LogP contribution is 2.28. The average Bonchev–Trinajstić information content (AvgIpc) is 2.81. The molecule has 1 saturated heterocycles. The van der Waals surface area contributed by atoms with E-state index in [1.807, 2.05) is 0 Å². The molecule has 8 nitrogen and oxygen atoms in total. The molecular weight excluding hydrogens is 456 g/mol. The van der Waals surface area contributed by atoms with Gasteiger partial charge in [-0.3, -0.25) is 9.59 Å². The largest absolute Gasteiger partial charge is 0.497 e. The number of carbonyl (C=O) groups excluding carboxylic acids is 2. The molecule has 1 heterocycles. The summed E-state index contributed by atoms with van der Waals surface area (Å²) in [5, 5.41) is 4.50. The number of carbonyl (C=O) groups is 2. The molecule has 0 spiro atoms. The first-order valence-electron chi connectivity index (χ1n) is 10.4. The van der Waals surface area contributed by atoms with Crippen LogP contribution in [0.5, 0.6) is 5.75 Å². The molecule has 33 heavy (non-hydrogen) atoms. The molecule has 0 aromatic heterocycles. The number of rotatable bonds is 7. The van der Waals surface area contributed by atoms with Gasteiger partial charge in [-0.1, -0.05) is 6.42 Å². The Morgan fingerprint density at radius 1 is 1.09 bits per heavy atom. The van der Waals surface area contributed by atoms with Gasteiger partial charge in [-0.25, -0.2) is 17.2 Å². The molecule has 2 aromatic carbocycles. The predicted octanol–water partition coefficient (Wildman–Crippen LogP) is 2.66. The molecule has 2 N–H and O–H groups in total. The summed E-state index contributed by atoms with van der Waals surface area (Å²) in [5.74, 6) is -3.37. The van der Waals surface area contributed by atoms with Crippen molar-refractivity contribution in [2.75, 3.05) is 25.5 Å². The number of halogens is 2. The predicted molar refractivity (Wildman–Crippen MR) is 117 cm³/mol. The van der Waals surface area contributed by atoms with Crippen molar-refractivity contribution in [3.8, 4) is 5.75 Å². The van der Waals surface area contributed by atoms with E-state index in [2.05, 4.69) is 10.6 Å². The first-order chi connectivity index (χ1) is 15.7. The maximum absolute atomic E-state index is 13.7. The lowest BCUT2D eigenvalue weighted by atomic mass is 10.0. The van der Waals surface area contributed by atoms with Crippen LogP contribution in [0.15, 0.2) is 47.4 Å². The fraction of sp³-hybridized carbons (Fsp3) is 0.364. The monoisotopic (exact) mass is 481 g/mol. The third kappa shape index (κ3) is 6.05. The number of hydrogen-bond acceptors (Lipinski definition) is 5. The van der Waals surface area contributed by atoms with Crippen molar-refractivity contribution < 1.29 is 31.5 Å². The zero-order valence-electron chi connectivity index (χ0n) is 18.0. The van der Waals surface area contributed by atoms with Crippen molar-refractivity contribution >= 4 is 27.5 Å². The van der Waals surface area contributed by atoms with Crippen molar-refractivity contribution in [1.29, 1.82) is 0 Å². The van der Waals surface area contributed by atoms with Crippen LogP contribution in [0, 0.1) is 11.6 Å². The fourth-order valence-electron chi connectivity index (χ4n) is 3.66. The summed E-state index contributed by atoms with van der Waals surface area (Å²) in [7, 11) is -2.24. The highest BCUT2D eigenvalue weighted by atomic mass is 32.2. The van der Waals surface area contributed by atoms with E-state index in [0.717, 1.165) is 25.0 Å². The number of hydrogen-bond donors (Lipinski definition) is 2. The van der Waals surface area contributed by atoms with Crippen LogP contribution in [0.3, 0.4) is 0 Å². The number of piperidine rings is 1.